The highest BCUT2D eigenvalue weighted by Gasteiger charge is 2.28. The van der Waals surface area contributed by atoms with Gasteiger partial charge in [-0.3, -0.25) is 0 Å². The molecule has 1 heterocycles. The summed E-state index contributed by atoms with van der Waals surface area (Å²) >= 11 is 0. The van der Waals surface area contributed by atoms with E-state index >= 15 is 0 Å². The lowest BCUT2D eigenvalue weighted by atomic mass is 10.2. The van der Waals surface area contributed by atoms with E-state index in [0.717, 1.165) is 0 Å². The number of ether oxygens (including phenoxy) is 2. The quantitative estimate of drug-likeness (QED) is 0.902. The van der Waals surface area contributed by atoms with Crippen LogP contribution in [-0.2, 0) is 11.3 Å². The number of hydrogen-bond acceptors (Lipinski definition) is 4. The van der Waals surface area contributed by atoms with Crippen LogP contribution in [0.25, 0.3) is 0 Å². The third kappa shape index (κ3) is 5.37. The predicted molar refractivity (Wildman–Crippen MR) is 55.0 cm³/mol. The number of alkyl halides is 3. The molecule has 0 saturated heterocycles. The monoisotopic (exact) mass is 264 g/mol. The molecule has 18 heavy (non-hydrogen) atoms. The van der Waals surface area contributed by atoms with Gasteiger partial charge in [-0.15, -0.1) is 0 Å². The number of carbonyl (C=O) groups is 1. The van der Waals surface area contributed by atoms with Crippen molar-refractivity contribution in [3.8, 4) is 5.88 Å². The first-order chi connectivity index (χ1) is 8.40. The number of methoxy groups -OCH3 is 1. The Balaban J connectivity index is 2.54. The van der Waals surface area contributed by atoms with E-state index in [1.807, 2.05) is 0 Å². The minimum absolute atomic E-state index is 0.109. The highest BCUT2D eigenvalue weighted by molar-refractivity contribution is 5.66. The van der Waals surface area contributed by atoms with E-state index in [1.165, 1.54) is 25.4 Å². The van der Waals surface area contributed by atoms with E-state index in [1.54, 1.807) is 0 Å². The highest BCUT2D eigenvalue weighted by Crippen LogP contribution is 2.17. The molecule has 0 atom stereocenters. The van der Waals surface area contributed by atoms with Gasteiger partial charge in [0.2, 0.25) is 5.88 Å². The summed E-state index contributed by atoms with van der Waals surface area (Å²) in [5.74, 6) is -0.156. The number of aromatic nitrogens is 1. The lowest BCUT2D eigenvalue weighted by Gasteiger charge is -2.09. The van der Waals surface area contributed by atoms with Crippen LogP contribution in [0.5, 0.6) is 5.88 Å². The molecular formula is C10H11F3N2O3. The number of amides is 1. The number of carbonyl (C=O) groups excluding carboxylic acids is 1. The summed E-state index contributed by atoms with van der Waals surface area (Å²) in [6, 6.07) is 2.85. The summed E-state index contributed by atoms with van der Waals surface area (Å²) in [6.45, 7) is -1.30. The predicted octanol–water partition coefficient (Wildman–Crippen LogP) is 1.88. The molecule has 0 aliphatic rings. The number of nitrogens with one attached hydrogen (secondary N) is 1. The minimum Gasteiger partial charge on any atom is -0.468 e. The van der Waals surface area contributed by atoms with Crippen LogP contribution in [0.15, 0.2) is 18.3 Å². The Morgan fingerprint density at radius 2 is 2.22 bits per heavy atom. The van der Waals surface area contributed by atoms with Crippen LogP contribution < -0.4 is 10.1 Å². The molecular weight excluding hydrogens is 253 g/mol. The Hall–Kier alpha value is -1.99. The fourth-order valence-electron chi connectivity index (χ4n) is 1.04. The molecule has 100 valence electrons. The topological polar surface area (TPSA) is 60.5 Å². The molecule has 1 aromatic rings. The van der Waals surface area contributed by atoms with E-state index in [-0.39, 0.29) is 12.4 Å². The van der Waals surface area contributed by atoms with Crippen molar-refractivity contribution in [3.63, 3.8) is 0 Å². The lowest BCUT2D eigenvalue weighted by Crippen LogP contribution is -2.22. The third-order valence-corrected chi connectivity index (χ3v) is 1.81. The van der Waals surface area contributed by atoms with E-state index in [9.17, 15) is 18.0 Å². The maximum Gasteiger partial charge on any atom is 0.422 e. The van der Waals surface area contributed by atoms with Crippen molar-refractivity contribution >= 4 is 6.09 Å². The molecule has 0 bridgehead atoms. The van der Waals surface area contributed by atoms with Crippen molar-refractivity contribution in [1.82, 2.24) is 10.3 Å². The SMILES string of the molecule is COC(=O)NCc1ccnc(OCC(F)(F)F)c1. The van der Waals surface area contributed by atoms with Gasteiger partial charge in [0.25, 0.3) is 0 Å². The van der Waals surface area contributed by atoms with Crippen molar-refractivity contribution in [3.05, 3.63) is 23.9 Å². The Morgan fingerprint density at radius 1 is 1.50 bits per heavy atom. The molecule has 0 fully saturated rings. The van der Waals surface area contributed by atoms with Gasteiger partial charge in [0.15, 0.2) is 6.61 Å². The van der Waals surface area contributed by atoms with Crippen molar-refractivity contribution < 1.29 is 27.4 Å². The van der Waals surface area contributed by atoms with Crippen LogP contribution in [0.4, 0.5) is 18.0 Å². The van der Waals surface area contributed by atoms with Crippen molar-refractivity contribution in [1.29, 1.82) is 0 Å². The summed E-state index contributed by atoms with van der Waals surface area (Å²) < 4.78 is 44.6. The first-order valence-electron chi connectivity index (χ1n) is 4.87. The Morgan fingerprint density at radius 3 is 2.83 bits per heavy atom. The number of rotatable bonds is 4. The number of pyridine rings is 1. The Kier molecular flexibility index (Phi) is 4.75. The molecule has 1 aromatic heterocycles. The third-order valence-electron chi connectivity index (χ3n) is 1.81. The van der Waals surface area contributed by atoms with E-state index in [0.29, 0.717) is 5.56 Å². The normalized spacial score (nSPS) is 10.9. The molecule has 0 saturated carbocycles. The van der Waals surface area contributed by atoms with Gasteiger partial charge in [-0.05, 0) is 11.6 Å². The van der Waals surface area contributed by atoms with Gasteiger partial charge >= 0.3 is 12.3 Å². The summed E-state index contributed by atoms with van der Waals surface area (Å²) in [5.41, 5.74) is 0.549. The number of nitrogens with zero attached hydrogens (tertiary/aromatic N) is 1. The van der Waals surface area contributed by atoms with Crippen LogP contribution >= 0.6 is 0 Å². The summed E-state index contributed by atoms with van der Waals surface area (Å²) in [6.07, 6.45) is -3.76. The molecule has 0 unspecified atom stereocenters. The molecule has 0 aromatic carbocycles. The zero-order chi connectivity index (χ0) is 13.6. The Bertz CT molecular complexity index is 410. The fraction of sp³-hybridized carbons (Fsp3) is 0.400. The van der Waals surface area contributed by atoms with Crippen molar-refractivity contribution in [2.75, 3.05) is 13.7 Å². The van der Waals surface area contributed by atoms with E-state index < -0.39 is 18.9 Å². The van der Waals surface area contributed by atoms with Crippen LogP contribution in [0.1, 0.15) is 5.56 Å². The second kappa shape index (κ2) is 6.08. The lowest BCUT2D eigenvalue weighted by molar-refractivity contribution is -0.154. The molecule has 8 heteroatoms. The van der Waals surface area contributed by atoms with Gasteiger partial charge in [-0.2, -0.15) is 13.2 Å². The van der Waals surface area contributed by atoms with Gasteiger partial charge in [0, 0.05) is 18.8 Å². The minimum atomic E-state index is -4.41. The number of alkyl carbamates (subject to hydrolysis) is 1. The molecule has 1 rings (SSSR count). The van der Waals surface area contributed by atoms with Gasteiger partial charge in [0.05, 0.1) is 7.11 Å². The zero-order valence-electron chi connectivity index (χ0n) is 9.45. The molecule has 0 radical (unpaired) electrons. The second-order valence-electron chi connectivity index (χ2n) is 3.25. The number of halogens is 3. The average Bonchev–Trinajstić information content (AvgIpc) is 2.33. The van der Waals surface area contributed by atoms with Crippen molar-refractivity contribution in [2.24, 2.45) is 0 Å². The van der Waals surface area contributed by atoms with Crippen LogP contribution in [0, 0.1) is 0 Å². The van der Waals surface area contributed by atoms with Crippen LogP contribution in [0.3, 0.4) is 0 Å². The summed E-state index contributed by atoms with van der Waals surface area (Å²) in [5, 5.41) is 2.38. The van der Waals surface area contributed by atoms with E-state index in [2.05, 4.69) is 19.8 Å². The first kappa shape index (κ1) is 14.1. The molecule has 0 aliphatic heterocycles. The van der Waals surface area contributed by atoms with Crippen LogP contribution in [0.2, 0.25) is 0 Å². The fourth-order valence-corrected chi connectivity index (χ4v) is 1.04. The zero-order valence-corrected chi connectivity index (χ0v) is 9.45. The Labute approximate surface area is 101 Å². The second-order valence-corrected chi connectivity index (χ2v) is 3.25. The summed E-state index contributed by atoms with van der Waals surface area (Å²) in [7, 11) is 1.21. The molecule has 5 nitrogen and oxygen atoms in total. The van der Waals surface area contributed by atoms with Gasteiger partial charge < -0.3 is 14.8 Å². The van der Waals surface area contributed by atoms with E-state index in [4.69, 9.17) is 0 Å². The van der Waals surface area contributed by atoms with Gasteiger partial charge in [-0.1, -0.05) is 0 Å². The summed E-state index contributed by atoms with van der Waals surface area (Å²) in [4.78, 5) is 14.4. The van der Waals surface area contributed by atoms with Gasteiger partial charge in [0.1, 0.15) is 0 Å². The highest BCUT2D eigenvalue weighted by atomic mass is 19.4. The maximum atomic E-state index is 11.9. The molecule has 0 spiro atoms. The van der Waals surface area contributed by atoms with Crippen LogP contribution in [-0.4, -0.2) is 31.0 Å². The largest absolute Gasteiger partial charge is 0.468 e. The average molecular weight is 264 g/mol. The maximum absolute atomic E-state index is 11.9. The number of hydrogen-bond donors (Lipinski definition) is 1. The van der Waals surface area contributed by atoms with Crippen molar-refractivity contribution in [2.45, 2.75) is 12.7 Å². The first-order valence-corrected chi connectivity index (χ1v) is 4.87. The smallest absolute Gasteiger partial charge is 0.422 e. The molecule has 1 amide bonds. The van der Waals surface area contributed by atoms with Gasteiger partial charge in [-0.25, -0.2) is 9.78 Å². The molecule has 0 aliphatic carbocycles. The standard InChI is InChI=1S/C10H11F3N2O3/c1-17-9(16)15-5-7-2-3-14-8(4-7)18-6-10(11,12)13/h2-4H,5-6H2,1H3,(H,15,16). The molecule has 1 N–H and O–H groups in total.